The Balaban J connectivity index is 2.32. The third-order valence-electron chi connectivity index (χ3n) is 2.11. The Morgan fingerprint density at radius 2 is 2.06 bits per heavy atom. The van der Waals surface area contributed by atoms with Crippen LogP contribution in [-0.2, 0) is 4.79 Å². The molecule has 0 bridgehead atoms. The molecule has 88 valence electrons. The molecule has 1 amide bonds. The summed E-state index contributed by atoms with van der Waals surface area (Å²) in [6, 6.07) is 5.36. The minimum atomic E-state index is 0.0518. The van der Waals surface area contributed by atoms with Crippen LogP contribution in [0.1, 0.15) is 12.8 Å². The predicted octanol–water partition coefficient (Wildman–Crippen LogP) is 2.93. The molecule has 16 heavy (non-hydrogen) atoms. The van der Waals surface area contributed by atoms with Crippen molar-refractivity contribution in [3.8, 4) is 0 Å². The average Bonchev–Trinajstić information content (AvgIpc) is 2.28. The molecule has 1 aromatic carbocycles. The first kappa shape index (κ1) is 13.1. The maximum absolute atomic E-state index is 10.9. The van der Waals surface area contributed by atoms with Crippen molar-refractivity contribution >= 4 is 34.8 Å². The third-order valence-corrected chi connectivity index (χ3v) is 2.85. The standard InChI is InChI=1S/C11H14Cl2N2O/c1-14-11(16)3-2-6-15-8-4-5-9(12)10(13)7-8/h4-5,7,15H,2-3,6H2,1H3,(H,14,16). The van der Waals surface area contributed by atoms with Crippen LogP contribution in [0, 0.1) is 0 Å². The van der Waals surface area contributed by atoms with Gasteiger partial charge in [-0.2, -0.15) is 0 Å². The van der Waals surface area contributed by atoms with Gasteiger partial charge in [-0.25, -0.2) is 0 Å². The van der Waals surface area contributed by atoms with E-state index < -0.39 is 0 Å². The molecule has 0 aliphatic heterocycles. The Morgan fingerprint density at radius 1 is 1.31 bits per heavy atom. The van der Waals surface area contributed by atoms with E-state index in [1.54, 1.807) is 19.2 Å². The highest BCUT2D eigenvalue weighted by molar-refractivity contribution is 6.42. The Labute approximate surface area is 105 Å². The highest BCUT2D eigenvalue weighted by Gasteiger charge is 2.00. The molecule has 1 rings (SSSR count). The molecule has 0 saturated carbocycles. The van der Waals surface area contributed by atoms with E-state index in [2.05, 4.69) is 10.6 Å². The number of carbonyl (C=O) groups excluding carboxylic acids is 1. The zero-order chi connectivity index (χ0) is 12.0. The summed E-state index contributed by atoms with van der Waals surface area (Å²) in [6.07, 6.45) is 1.30. The Hall–Kier alpha value is -0.930. The number of halogens is 2. The van der Waals surface area contributed by atoms with Crippen LogP contribution in [0.3, 0.4) is 0 Å². The van der Waals surface area contributed by atoms with Gasteiger partial charge < -0.3 is 10.6 Å². The lowest BCUT2D eigenvalue weighted by Gasteiger charge is -2.06. The van der Waals surface area contributed by atoms with E-state index in [1.165, 1.54) is 0 Å². The van der Waals surface area contributed by atoms with Gasteiger partial charge >= 0.3 is 0 Å². The molecule has 0 atom stereocenters. The molecule has 0 aliphatic rings. The quantitative estimate of drug-likeness (QED) is 0.800. The van der Waals surface area contributed by atoms with Crippen molar-refractivity contribution in [2.45, 2.75) is 12.8 Å². The normalized spacial score (nSPS) is 9.94. The first-order chi connectivity index (χ1) is 7.63. The maximum Gasteiger partial charge on any atom is 0.219 e. The monoisotopic (exact) mass is 260 g/mol. The van der Waals surface area contributed by atoms with Gasteiger partial charge in [-0.3, -0.25) is 4.79 Å². The van der Waals surface area contributed by atoms with Gasteiger partial charge in [-0.05, 0) is 24.6 Å². The summed E-state index contributed by atoms with van der Waals surface area (Å²) >= 11 is 11.7. The van der Waals surface area contributed by atoms with Crippen LogP contribution in [0.25, 0.3) is 0 Å². The lowest BCUT2D eigenvalue weighted by Crippen LogP contribution is -2.18. The third kappa shape index (κ3) is 4.29. The number of benzene rings is 1. The zero-order valence-corrected chi connectivity index (χ0v) is 10.5. The molecule has 0 unspecified atom stereocenters. The number of hydrogen-bond donors (Lipinski definition) is 2. The summed E-state index contributed by atoms with van der Waals surface area (Å²) in [5.41, 5.74) is 0.909. The molecule has 0 fully saturated rings. The molecule has 5 heteroatoms. The molecule has 0 saturated heterocycles. The van der Waals surface area contributed by atoms with E-state index >= 15 is 0 Å². The second kappa shape index (κ2) is 6.61. The number of hydrogen-bond acceptors (Lipinski definition) is 2. The largest absolute Gasteiger partial charge is 0.385 e. The lowest BCUT2D eigenvalue weighted by molar-refractivity contribution is -0.120. The van der Waals surface area contributed by atoms with Gasteiger partial charge in [-0.1, -0.05) is 23.2 Å². The summed E-state index contributed by atoms with van der Waals surface area (Å²) in [6.45, 7) is 0.728. The highest BCUT2D eigenvalue weighted by Crippen LogP contribution is 2.24. The summed E-state index contributed by atoms with van der Waals surface area (Å²) in [7, 11) is 1.63. The number of carbonyl (C=O) groups is 1. The van der Waals surface area contributed by atoms with Crippen molar-refractivity contribution in [3.05, 3.63) is 28.2 Å². The highest BCUT2D eigenvalue weighted by atomic mass is 35.5. The number of amides is 1. The summed E-state index contributed by atoms with van der Waals surface area (Å²) < 4.78 is 0. The van der Waals surface area contributed by atoms with E-state index in [-0.39, 0.29) is 5.91 Å². The van der Waals surface area contributed by atoms with Gasteiger partial charge in [-0.15, -0.1) is 0 Å². The lowest BCUT2D eigenvalue weighted by atomic mass is 10.2. The maximum atomic E-state index is 10.9. The Bertz CT molecular complexity index is 369. The predicted molar refractivity (Wildman–Crippen MR) is 68.3 cm³/mol. The van der Waals surface area contributed by atoms with Gasteiger partial charge in [0.2, 0.25) is 5.91 Å². The second-order valence-electron chi connectivity index (χ2n) is 3.33. The molecule has 0 radical (unpaired) electrons. The van der Waals surface area contributed by atoms with Gasteiger partial charge in [0.25, 0.3) is 0 Å². The van der Waals surface area contributed by atoms with E-state index in [4.69, 9.17) is 23.2 Å². The number of nitrogens with one attached hydrogen (secondary N) is 2. The van der Waals surface area contributed by atoms with E-state index in [1.807, 2.05) is 6.07 Å². The first-order valence-corrected chi connectivity index (χ1v) is 5.78. The van der Waals surface area contributed by atoms with Gasteiger partial charge in [0.15, 0.2) is 0 Å². The molecule has 3 nitrogen and oxygen atoms in total. The molecule has 0 aliphatic carbocycles. The number of rotatable bonds is 5. The van der Waals surface area contributed by atoms with Gasteiger partial charge in [0, 0.05) is 25.7 Å². The fraction of sp³-hybridized carbons (Fsp3) is 0.364. The molecule has 2 N–H and O–H groups in total. The van der Waals surface area contributed by atoms with Crippen molar-refractivity contribution in [1.29, 1.82) is 0 Å². The molecular weight excluding hydrogens is 247 g/mol. The molecular formula is C11H14Cl2N2O. The Kier molecular flexibility index (Phi) is 5.43. The number of anilines is 1. The molecule has 1 aromatic rings. The smallest absolute Gasteiger partial charge is 0.219 e. The zero-order valence-electron chi connectivity index (χ0n) is 9.02. The summed E-state index contributed by atoms with van der Waals surface area (Å²) in [4.78, 5) is 10.9. The SMILES string of the molecule is CNC(=O)CCCNc1ccc(Cl)c(Cl)c1. The first-order valence-electron chi connectivity index (χ1n) is 5.03. The van der Waals surface area contributed by atoms with E-state index in [0.717, 1.165) is 18.7 Å². The van der Waals surface area contributed by atoms with Gasteiger partial charge in [0.1, 0.15) is 0 Å². The van der Waals surface area contributed by atoms with Crippen molar-refractivity contribution < 1.29 is 4.79 Å². The fourth-order valence-electron chi connectivity index (χ4n) is 1.21. The Morgan fingerprint density at radius 3 is 2.69 bits per heavy atom. The van der Waals surface area contributed by atoms with Crippen LogP contribution in [-0.4, -0.2) is 19.5 Å². The molecule has 0 spiro atoms. The van der Waals surface area contributed by atoms with Crippen molar-refractivity contribution in [2.24, 2.45) is 0 Å². The average molecular weight is 261 g/mol. The van der Waals surface area contributed by atoms with Crippen LogP contribution in [0.15, 0.2) is 18.2 Å². The summed E-state index contributed by atoms with van der Waals surface area (Å²) in [5.74, 6) is 0.0518. The van der Waals surface area contributed by atoms with Crippen molar-refractivity contribution in [1.82, 2.24) is 5.32 Å². The topological polar surface area (TPSA) is 41.1 Å². The van der Waals surface area contributed by atoms with Crippen LogP contribution in [0.5, 0.6) is 0 Å². The minimum Gasteiger partial charge on any atom is -0.385 e. The van der Waals surface area contributed by atoms with Crippen molar-refractivity contribution in [3.63, 3.8) is 0 Å². The second-order valence-corrected chi connectivity index (χ2v) is 4.15. The fourth-order valence-corrected chi connectivity index (χ4v) is 1.51. The van der Waals surface area contributed by atoms with Crippen LogP contribution < -0.4 is 10.6 Å². The van der Waals surface area contributed by atoms with Crippen LogP contribution in [0.4, 0.5) is 5.69 Å². The minimum absolute atomic E-state index is 0.0518. The van der Waals surface area contributed by atoms with E-state index in [0.29, 0.717) is 16.5 Å². The summed E-state index contributed by atoms with van der Waals surface area (Å²) in [5, 5.41) is 6.81. The molecule has 0 aromatic heterocycles. The van der Waals surface area contributed by atoms with Crippen LogP contribution >= 0.6 is 23.2 Å². The molecule has 0 heterocycles. The van der Waals surface area contributed by atoms with Crippen molar-refractivity contribution in [2.75, 3.05) is 18.9 Å². The van der Waals surface area contributed by atoms with Gasteiger partial charge in [0.05, 0.1) is 10.0 Å². The van der Waals surface area contributed by atoms with Crippen LogP contribution in [0.2, 0.25) is 10.0 Å². The van der Waals surface area contributed by atoms with E-state index in [9.17, 15) is 4.79 Å².